The number of esters is 2. The summed E-state index contributed by atoms with van der Waals surface area (Å²) in [5.74, 6) is -2.10. The molecule has 0 fully saturated rings. The van der Waals surface area contributed by atoms with Gasteiger partial charge in [-0.1, -0.05) is 18.2 Å². The van der Waals surface area contributed by atoms with E-state index in [4.69, 9.17) is 0 Å². The number of ether oxygens (including phenoxy) is 2. The second-order valence-electron chi connectivity index (χ2n) is 3.91. The van der Waals surface area contributed by atoms with Crippen molar-refractivity contribution in [2.24, 2.45) is 0 Å². The third kappa shape index (κ3) is 3.34. The van der Waals surface area contributed by atoms with E-state index in [1.807, 2.05) is 0 Å². The van der Waals surface area contributed by atoms with Crippen LogP contribution in [-0.4, -0.2) is 49.6 Å². The quantitative estimate of drug-likeness (QED) is 0.590. The Balaban J connectivity index is 3.10. The molecule has 0 N–H and O–H groups in total. The highest BCUT2D eigenvalue weighted by molar-refractivity contribution is 6.05. The molecule has 0 aliphatic rings. The van der Waals surface area contributed by atoms with Crippen molar-refractivity contribution in [3.63, 3.8) is 0 Å². The van der Waals surface area contributed by atoms with Crippen LogP contribution in [0.15, 0.2) is 30.3 Å². The topological polar surface area (TPSA) is 72.9 Å². The highest BCUT2D eigenvalue weighted by atomic mass is 16.5. The van der Waals surface area contributed by atoms with Gasteiger partial charge in [-0.2, -0.15) is 0 Å². The Hall–Kier alpha value is -2.37. The van der Waals surface area contributed by atoms with Crippen molar-refractivity contribution in [1.29, 1.82) is 0 Å². The van der Waals surface area contributed by atoms with Crippen molar-refractivity contribution in [2.75, 3.05) is 20.8 Å². The molecular formula is C14H17NO5. The van der Waals surface area contributed by atoms with Crippen molar-refractivity contribution < 1.29 is 23.9 Å². The molecule has 0 radical (unpaired) electrons. The average molecular weight is 279 g/mol. The monoisotopic (exact) mass is 279 g/mol. The second-order valence-corrected chi connectivity index (χ2v) is 3.91. The summed E-state index contributed by atoms with van der Waals surface area (Å²) in [4.78, 5) is 36.9. The number of carbonyl (C=O) groups excluding carboxylic acids is 3. The SMILES string of the molecule is CCN(C(=O)c1ccccc1)C(C(=O)OC)C(=O)OC. The standard InChI is InChI=1S/C14H17NO5/c1-4-15(11(13(17)19-2)14(18)20-3)12(16)10-8-6-5-7-9-10/h5-9,11H,4H2,1-3H3. The minimum absolute atomic E-state index is 0.169. The lowest BCUT2D eigenvalue weighted by molar-refractivity contribution is -0.159. The minimum atomic E-state index is -1.40. The van der Waals surface area contributed by atoms with Gasteiger partial charge in [-0.25, -0.2) is 9.59 Å². The molecule has 0 spiro atoms. The molecule has 1 aromatic rings. The maximum absolute atomic E-state index is 12.4. The highest BCUT2D eigenvalue weighted by Crippen LogP contribution is 2.11. The molecule has 1 amide bonds. The van der Waals surface area contributed by atoms with Crippen molar-refractivity contribution >= 4 is 17.8 Å². The van der Waals surface area contributed by atoms with Crippen LogP contribution in [0.4, 0.5) is 0 Å². The normalized spacial score (nSPS) is 10.0. The van der Waals surface area contributed by atoms with Gasteiger partial charge in [0, 0.05) is 12.1 Å². The summed E-state index contributed by atoms with van der Waals surface area (Å²) >= 11 is 0. The summed E-state index contributed by atoms with van der Waals surface area (Å²) in [6.07, 6.45) is 0. The van der Waals surface area contributed by atoms with Crippen molar-refractivity contribution in [3.05, 3.63) is 35.9 Å². The van der Waals surface area contributed by atoms with Gasteiger partial charge in [0.2, 0.25) is 6.04 Å². The van der Waals surface area contributed by atoms with Gasteiger partial charge in [0.25, 0.3) is 5.91 Å². The molecule has 20 heavy (non-hydrogen) atoms. The van der Waals surface area contributed by atoms with Gasteiger partial charge in [-0.15, -0.1) is 0 Å². The Labute approximate surface area is 117 Å². The first kappa shape index (κ1) is 15.7. The van der Waals surface area contributed by atoms with Crippen LogP contribution in [0, 0.1) is 0 Å². The number of amides is 1. The van der Waals surface area contributed by atoms with Crippen LogP contribution in [0.3, 0.4) is 0 Å². The van der Waals surface area contributed by atoms with E-state index in [1.54, 1.807) is 37.3 Å². The number of hydrogen-bond acceptors (Lipinski definition) is 5. The Kier molecular flexibility index (Phi) is 5.71. The molecule has 0 aliphatic heterocycles. The number of likely N-dealkylation sites (N-methyl/N-ethyl adjacent to an activating group) is 1. The van der Waals surface area contributed by atoms with Crippen molar-refractivity contribution in [2.45, 2.75) is 13.0 Å². The van der Waals surface area contributed by atoms with Gasteiger partial charge >= 0.3 is 11.9 Å². The Morgan fingerprint density at radius 3 is 1.95 bits per heavy atom. The number of hydrogen-bond donors (Lipinski definition) is 0. The lowest BCUT2D eigenvalue weighted by Crippen LogP contribution is -2.50. The molecule has 1 rings (SSSR count). The third-order valence-corrected chi connectivity index (χ3v) is 2.78. The van der Waals surface area contributed by atoms with E-state index in [0.717, 1.165) is 19.1 Å². The molecule has 0 bridgehead atoms. The van der Waals surface area contributed by atoms with E-state index < -0.39 is 23.9 Å². The summed E-state index contributed by atoms with van der Waals surface area (Å²) in [6, 6.07) is 6.99. The van der Waals surface area contributed by atoms with E-state index in [2.05, 4.69) is 9.47 Å². The van der Waals surface area contributed by atoms with Crippen LogP contribution >= 0.6 is 0 Å². The average Bonchev–Trinajstić information content (AvgIpc) is 2.51. The van der Waals surface area contributed by atoms with E-state index in [1.165, 1.54) is 0 Å². The second kappa shape index (κ2) is 7.28. The van der Waals surface area contributed by atoms with Crippen LogP contribution in [-0.2, 0) is 19.1 Å². The predicted molar refractivity (Wildman–Crippen MR) is 71.0 cm³/mol. The molecule has 108 valence electrons. The molecule has 0 unspecified atom stereocenters. The number of carbonyl (C=O) groups is 3. The number of benzene rings is 1. The smallest absolute Gasteiger partial charge is 0.340 e. The van der Waals surface area contributed by atoms with Gasteiger partial charge in [0.1, 0.15) is 0 Å². The van der Waals surface area contributed by atoms with Crippen LogP contribution in [0.25, 0.3) is 0 Å². The number of nitrogens with zero attached hydrogens (tertiary/aromatic N) is 1. The molecule has 0 aliphatic carbocycles. The van der Waals surface area contributed by atoms with Gasteiger partial charge < -0.3 is 14.4 Å². The Bertz CT molecular complexity index is 470. The third-order valence-electron chi connectivity index (χ3n) is 2.78. The fraction of sp³-hybridized carbons (Fsp3) is 0.357. The van der Waals surface area contributed by atoms with Crippen LogP contribution in [0.5, 0.6) is 0 Å². The Morgan fingerprint density at radius 1 is 1.05 bits per heavy atom. The number of methoxy groups -OCH3 is 2. The maximum atomic E-state index is 12.4. The lowest BCUT2D eigenvalue weighted by Gasteiger charge is -2.26. The van der Waals surface area contributed by atoms with E-state index in [0.29, 0.717) is 5.56 Å². The first-order chi connectivity index (χ1) is 9.56. The fourth-order valence-corrected chi connectivity index (χ4v) is 1.76. The molecule has 6 nitrogen and oxygen atoms in total. The highest BCUT2D eigenvalue weighted by Gasteiger charge is 2.37. The fourth-order valence-electron chi connectivity index (χ4n) is 1.76. The van der Waals surface area contributed by atoms with Gasteiger partial charge in [0.15, 0.2) is 0 Å². The zero-order valence-corrected chi connectivity index (χ0v) is 11.7. The molecule has 0 saturated heterocycles. The van der Waals surface area contributed by atoms with E-state index in [-0.39, 0.29) is 6.54 Å². The molecule has 0 saturated carbocycles. The minimum Gasteiger partial charge on any atom is -0.467 e. The lowest BCUT2D eigenvalue weighted by atomic mass is 10.1. The largest absolute Gasteiger partial charge is 0.467 e. The van der Waals surface area contributed by atoms with Crippen molar-refractivity contribution in [1.82, 2.24) is 4.90 Å². The van der Waals surface area contributed by atoms with Gasteiger partial charge in [0.05, 0.1) is 14.2 Å². The summed E-state index contributed by atoms with van der Waals surface area (Å²) < 4.78 is 9.14. The molecule has 0 aromatic heterocycles. The summed E-state index contributed by atoms with van der Waals surface area (Å²) in [5.41, 5.74) is 0.382. The zero-order chi connectivity index (χ0) is 15.1. The van der Waals surface area contributed by atoms with Crippen LogP contribution in [0.1, 0.15) is 17.3 Å². The van der Waals surface area contributed by atoms with Gasteiger partial charge in [-0.05, 0) is 19.1 Å². The maximum Gasteiger partial charge on any atom is 0.340 e. The number of rotatable bonds is 5. The molecule has 0 heterocycles. The van der Waals surface area contributed by atoms with E-state index >= 15 is 0 Å². The predicted octanol–water partition coefficient (Wildman–Crippen LogP) is 0.863. The van der Waals surface area contributed by atoms with Gasteiger partial charge in [-0.3, -0.25) is 4.79 Å². The first-order valence-electron chi connectivity index (χ1n) is 6.08. The molecule has 0 atom stereocenters. The molecular weight excluding hydrogens is 262 g/mol. The first-order valence-corrected chi connectivity index (χ1v) is 6.08. The van der Waals surface area contributed by atoms with Crippen LogP contribution in [0.2, 0.25) is 0 Å². The molecule has 6 heteroatoms. The Morgan fingerprint density at radius 2 is 1.55 bits per heavy atom. The van der Waals surface area contributed by atoms with Crippen LogP contribution < -0.4 is 0 Å². The zero-order valence-electron chi connectivity index (χ0n) is 11.7. The van der Waals surface area contributed by atoms with Crippen molar-refractivity contribution in [3.8, 4) is 0 Å². The summed E-state index contributed by atoms with van der Waals surface area (Å²) in [6.45, 7) is 1.84. The summed E-state index contributed by atoms with van der Waals surface area (Å²) in [5, 5.41) is 0. The van der Waals surface area contributed by atoms with E-state index in [9.17, 15) is 14.4 Å². The molecule has 1 aromatic carbocycles. The summed E-state index contributed by atoms with van der Waals surface area (Å²) in [7, 11) is 2.30.